The molecule has 4 heterocycles. The Labute approximate surface area is 282 Å². The smallest absolute Gasteiger partial charge is 0.330 e. The lowest BCUT2D eigenvalue weighted by atomic mass is 9.89. The number of aliphatic hydroxyl groups excluding tert-OH is 2. The average molecular weight is 687 g/mol. The predicted octanol–water partition coefficient (Wildman–Crippen LogP) is 1.21. The van der Waals surface area contributed by atoms with Crippen molar-refractivity contribution in [2.45, 2.75) is 139 Å². The Morgan fingerprint density at radius 1 is 0.854 bits per heavy atom. The SMILES string of the molecule is CO[C@@H]1[C@H](O)[C@@H](C)O[C@@H](OC[C@H]2[C@H]3O[C@H]3/C=C/C(=O)[C@@](C)(O)CC[C@@H](O[C@H]3O[C@H](C)C[C@@H](OC)[C@@H]3O)[C@@H](C)/C=C/C(=O)O[C@H]2C)[C@@H]1OC. The molecule has 0 unspecified atom stereocenters. The minimum atomic E-state index is -1.72. The van der Waals surface area contributed by atoms with Gasteiger partial charge in [-0.1, -0.05) is 13.0 Å². The molecular weight excluding hydrogens is 632 g/mol. The maximum absolute atomic E-state index is 13.2. The molecule has 3 saturated heterocycles. The molecule has 0 aromatic carbocycles. The molecule has 0 amide bonds. The number of epoxide rings is 1. The van der Waals surface area contributed by atoms with Gasteiger partial charge in [0.05, 0.1) is 37.1 Å². The predicted molar refractivity (Wildman–Crippen MR) is 169 cm³/mol. The quantitative estimate of drug-likeness (QED) is 0.245. The molecule has 3 N–H and O–H groups in total. The largest absolute Gasteiger partial charge is 0.459 e. The number of fused-ring (bicyclic) bond motifs is 1. The van der Waals surface area contributed by atoms with Crippen LogP contribution in [0.25, 0.3) is 0 Å². The molecule has 0 bridgehead atoms. The number of cyclic esters (lactones) is 1. The first-order valence-electron chi connectivity index (χ1n) is 16.7. The number of esters is 1. The van der Waals surface area contributed by atoms with Crippen LogP contribution < -0.4 is 0 Å². The molecule has 48 heavy (non-hydrogen) atoms. The third kappa shape index (κ3) is 9.49. The van der Waals surface area contributed by atoms with Gasteiger partial charge in [0.2, 0.25) is 0 Å². The molecule has 16 atom stereocenters. The average Bonchev–Trinajstić information content (AvgIpc) is 3.81. The van der Waals surface area contributed by atoms with Gasteiger partial charge in [-0.3, -0.25) is 4.79 Å². The summed E-state index contributed by atoms with van der Waals surface area (Å²) in [6.45, 7) is 8.58. The number of methoxy groups -OCH3 is 3. The zero-order valence-electron chi connectivity index (χ0n) is 29.1. The Hall–Kier alpha value is -1.82. The van der Waals surface area contributed by atoms with E-state index in [1.54, 1.807) is 26.0 Å². The summed E-state index contributed by atoms with van der Waals surface area (Å²) in [4.78, 5) is 26.3. The molecule has 4 aliphatic heterocycles. The second kappa shape index (κ2) is 16.9. The van der Waals surface area contributed by atoms with Crippen molar-refractivity contribution in [2.24, 2.45) is 11.8 Å². The van der Waals surface area contributed by atoms with Crippen LogP contribution in [0.15, 0.2) is 24.3 Å². The molecule has 0 radical (unpaired) electrons. The third-order valence-electron chi connectivity index (χ3n) is 9.85. The van der Waals surface area contributed by atoms with Crippen LogP contribution in [0, 0.1) is 11.8 Å². The van der Waals surface area contributed by atoms with Crippen LogP contribution >= 0.6 is 0 Å². The maximum Gasteiger partial charge on any atom is 0.330 e. The highest BCUT2D eigenvalue weighted by Gasteiger charge is 2.49. The number of carbonyl (C=O) groups is 2. The Balaban J connectivity index is 1.53. The van der Waals surface area contributed by atoms with Crippen LogP contribution in [0.1, 0.15) is 53.9 Å². The van der Waals surface area contributed by atoms with Crippen LogP contribution in [0.3, 0.4) is 0 Å². The molecule has 0 aliphatic carbocycles. The van der Waals surface area contributed by atoms with Crippen LogP contribution in [0.5, 0.6) is 0 Å². The standard InChI is InChI=1S/C34H54O14/c1-17-9-12-26(36)45-19(3)21(16-43-33-31(42-8)30(41-7)27(37)20(4)46-33)29-23(47-29)10-11-25(35)34(5,39)14-13-22(17)48-32-28(38)24(40-6)15-18(2)44-32/h9-12,17-24,27-33,37-39H,13-16H2,1-8H3/b11-10+,12-9+/t17-,18+,19-,20+,21+,22+,23-,24+,27+,28-,29+,30+,31+,32+,33+,34-/m0/s1. The number of hydrogen-bond acceptors (Lipinski definition) is 14. The molecule has 14 nitrogen and oxygen atoms in total. The summed E-state index contributed by atoms with van der Waals surface area (Å²) in [7, 11) is 4.45. The van der Waals surface area contributed by atoms with Gasteiger partial charge < -0.3 is 58.0 Å². The highest BCUT2D eigenvalue weighted by Crippen LogP contribution is 2.36. The minimum Gasteiger partial charge on any atom is -0.459 e. The lowest BCUT2D eigenvalue weighted by Gasteiger charge is -2.42. The number of hydrogen-bond donors (Lipinski definition) is 3. The van der Waals surface area contributed by atoms with Crippen molar-refractivity contribution in [1.82, 2.24) is 0 Å². The number of carbonyl (C=O) groups excluding carboxylic acids is 2. The second-order valence-corrected chi connectivity index (χ2v) is 13.5. The van der Waals surface area contributed by atoms with E-state index in [1.165, 1.54) is 40.4 Å². The summed E-state index contributed by atoms with van der Waals surface area (Å²) < 4.78 is 52.3. The first-order valence-corrected chi connectivity index (χ1v) is 16.7. The van der Waals surface area contributed by atoms with E-state index in [0.29, 0.717) is 6.42 Å². The summed E-state index contributed by atoms with van der Waals surface area (Å²) >= 11 is 0. The van der Waals surface area contributed by atoms with Crippen LogP contribution in [-0.2, 0) is 52.2 Å². The van der Waals surface area contributed by atoms with Gasteiger partial charge in [-0.2, -0.15) is 0 Å². The molecule has 0 aromatic rings. The normalized spacial score (nSPS) is 47.5. The minimum absolute atomic E-state index is 0.0273. The Morgan fingerprint density at radius 2 is 1.56 bits per heavy atom. The van der Waals surface area contributed by atoms with E-state index < -0.39 is 103 Å². The fourth-order valence-electron chi connectivity index (χ4n) is 6.53. The number of aliphatic hydroxyl groups is 3. The number of rotatable bonds is 8. The Morgan fingerprint density at radius 3 is 2.23 bits per heavy atom. The molecule has 4 aliphatic rings. The van der Waals surface area contributed by atoms with Crippen molar-refractivity contribution in [3.8, 4) is 0 Å². The van der Waals surface area contributed by atoms with Crippen molar-refractivity contribution in [2.75, 3.05) is 27.9 Å². The third-order valence-corrected chi connectivity index (χ3v) is 9.85. The zero-order chi connectivity index (χ0) is 35.3. The van der Waals surface area contributed by atoms with E-state index in [4.69, 9.17) is 42.6 Å². The van der Waals surface area contributed by atoms with Crippen molar-refractivity contribution in [3.05, 3.63) is 24.3 Å². The van der Waals surface area contributed by atoms with E-state index in [2.05, 4.69) is 0 Å². The Bertz CT molecular complexity index is 1130. The molecule has 3 fully saturated rings. The van der Waals surface area contributed by atoms with E-state index >= 15 is 0 Å². The highest BCUT2D eigenvalue weighted by molar-refractivity contribution is 5.96. The molecule has 0 saturated carbocycles. The lowest BCUT2D eigenvalue weighted by Crippen LogP contribution is -2.59. The van der Waals surface area contributed by atoms with Gasteiger partial charge in [0, 0.05) is 45.7 Å². The van der Waals surface area contributed by atoms with Crippen molar-refractivity contribution in [3.63, 3.8) is 0 Å². The summed E-state index contributed by atoms with van der Waals surface area (Å²) in [6.07, 6.45) is -2.35. The summed E-state index contributed by atoms with van der Waals surface area (Å²) in [6, 6.07) is 0. The van der Waals surface area contributed by atoms with Gasteiger partial charge >= 0.3 is 5.97 Å². The molecule has 14 heteroatoms. The molecule has 0 spiro atoms. The van der Waals surface area contributed by atoms with Crippen molar-refractivity contribution >= 4 is 11.8 Å². The summed E-state index contributed by atoms with van der Waals surface area (Å²) in [5.41, 5.74) is -1.72. The van der Waals surface area contributed by atoms with Gasteiger partial charge in [0.15, 0.2) is 18.4 Å². The highest BCUT2D eigenvalue weighted by atomic mass is 16.7. The van der Waals surface area contributed by atoms with Gasteiger partial charge in [-0.15, -0.1) is 0 Å². The zero-order valence-corrected chi connectivity index (χ0v) is 29.1. The van der Waals surface area contributed by atoms with Crippen LogP contribution in [0.4, 0.5) is 0 Å². The van der Waals surface area contributed by atoms with Gasteiger partial charge in [-0.05, 0) is 52.7 Å². The fourth-order valence-corrected chi connectivity index (χ4v) is 6.53. The van der Waals surface area contributed by atoms with Gasteiger partial charge in [0.1, 0.15) is 42.2 Å². The molecule has 274 valence electrons. The number of ketones is 1. The topological polar surface area (TPSA) is 181 Å². The Kier molecular flexibility index (Phi) is 13.7. The van der Waals surface area contributed by atoms with Crippen molar-refractivity contribution in [1.29, 1.82) is 0 Å². The van der Waals surface area contributed by atoms with Crippen molar-refractivity contribution < 1.29 is 67.5 Å². The fraction of sp³-hybridized carbons (Fsp3) is 0.824. The molecule has 0 aromatic heterocycles. The van der Waals surface area contributed by atoms with Gasteiger partial charge in [0.25, 0.3) is 0 Å². The molecule has 4 rings (SSSR count). The molecular formula is C34H54O14. The van der Waals surface area contributed by atoms with Crippen LogP contribution in [-0.4, -0.2) is 140 Å². The summed E-state index contributed by atoms with van der Waals surface area (Å²) in [5, 5.41) is 32.5. The second-order valence-electron chi connectivity index (χ2n) is 13.5. The first kappa shape index (κ1) is 39.0. The van der Waals surface area contributed by atoms with Crippen LogP contribution in [0.2, 0.25) is 0 Å². The summed E-state index contributed by atoms with van der Waals surface area (Å²) in [5.74, 6) is -2.00. The van der Waals surface area contributed by atoms with E-state index in [-0.39, 0.29) is 25.6 Å². The monoisotopic (exact) mass is 686 g/mol. The first-order chi connectivity index (χ1) is 22.7. The van der Waals surface area contributed by atoms with E-state index in [1.807, 2.05) is 13.8 Å². The number of ether oxygens (including phenoxy) is 9. The maximum atomic E-state index is 13.2. The van der Waals surface area contributed by atoms with E-state index in [9.17, 15) is 24.9 Å². The van der Waals surface area contributed by atoms with E-state index in [0.717, 1.165) is 0 Å². The lowest BCUT2D eigenvalue weighted by molar-refractivity contribution is -0.305. The van der Waals surface area contributed by atoms with Gasteiger partial charge in [-0.25, -0.2) is 4.79 Å².